The third kappa shape index (κ3) is 2.00. The van der Waals surface area contributed by atoms with Crippen molar-refractivity contribution in [1.82, 2.24) is 0 Å². The summed E-state index contributed by atoms with van der Waals surface area (Å²) in [5, 5.41) is 36.9. The van der Waals surface area contributed by atoms with Crippen molar-refractivity contribution in [3.8, 4) is 0 Å². The van der Waals surface area contributed by atoms with E-state index >= 15 is 0 Å². The Labute approximate surface area is 76.6 Å². The minimum atomic E-state index is -1.24. The fourth-order valence-corrected chi connectivity index (χ4v) is 1.52. The van der Waals surface area contributed by atoms with Gasteiger partial charge >= 0.3 is 0 Å². The SMILES string of the molecule is CC[C@H]1OC(CO)[C@H](O)C(O)C1O. The van der Waals surface area contributed by atoms with Gasteiger partial charge in [0, 0.05) is 0 Å². The topological polar surface area (TPSA) is 90.2 Å². The summed E-state index contributed by atoms with van der Waals surface area (Å²) in [6.07, 6.45) is -4.33. The molecule has 5 heteroatoms. The molecule has 3 unspecified atom stereocenters. The summed E-state index contributed by atoms with van der Waals surface area (Å²) in [4.78, 5) is 0. The molecule has 0 radical (unpaired) electrons. The van der Waals surface area contributed by atoms with Gasteiger partial charge in [-0.2, -0.15) is 0 Å². The Bertz CT molecular complexity index is 143. The van der Waals surface area contributed by atoms with Crippen LogP contribution in [0.3, 0.4) is 0 Å². The Kier molecular flexibility index (Phi) is 3.63. The van der Waals surface area contributed by atoms with Crippen LogP contribution in [-0.4, -0.2) is 57.6 Å². The van der Waals surface area contributed by atoms with Gasteiger partial charge in [-0.15, -0.1) is 0 Å². The van der Waals surface area contributed by atoms with Gasteiger partial charge in [-0.3, -0.25) is 0 Å². The maximum absolute atomic E-state index is 9.40. The molecule has 0 aliphatic carbocycles. The standard InChI is InChI=1S/C8H16O5/c1-2-4-6(10)8(12)7(11)5(3-9)13-4/h4-12H,2-3H2,1H3/t4-,5?,6?,7+,8?/m1/s1. The molecule has 0 aromatic rings. The van der Waals surface area contributed by atoms with E-state index in [1.165, 1.54) is 0 Å². The first-order chi connectivity index (χ1) is 6.11. The number of aliphatic hydroxyl groups excluding tert-OH is 4. The van der Waals surface area contributed by atoms with Gasteiger partial charge in [0.1, 0.15) is 24.4 Å². The molecule has 0 spiro atoms. The molecule has 0 amide bonds. The second-order valence-electron chi connectivity index (χ2n) is 3.28. The zero-order chi connectivity index (χ0) is 10.0. The normalized spacial score (nSPS) is 46.4. The highest BCUT2D eigenvalue weighted by molar-refractivity contribution is 4.91. The molecule has 1 rings (SSSR count). The number of rotatable bonds is 2. The highest BCUT2D eigenvalue weighted by atomic mass is 16.5. The molecule has 0 saturated carbocycles. The average Bonchev–Trinajstić information content (AvgIpc) is 2.15. The highest BCUT2D eigenvalue weighted by Gasteiger charge is 2.42. The van der Waals surface area contributed by atoms with Crippen LogP contribution in [-0.2, 0) is 4.74 Å². The molecular formula is C8H16O5. The number of ether oxygens (including phenoxy) is 1. The molecule has 0 bridgehead atoms. The minimum absolute atomic E-state index is 0.360. The van der Waals surface area contributed by atoms with E-state index in [0.29, 0.717) is 6.42 Å². The summed E-state index contributed by atoms with van der Waals surface area (Å²) in [7, 11) is 0. The number of hydrogen-bond acceptors (Lipinski definition) is 5. The Morgan fingerprint density at radius 1 is 1.00 bits per heavy atom. The van der Waals surface area contributed by atoms with Gasteiger partial charge < -0.3 is 25.2 Å². The fourth-order valence-electron chi connectivity index (χ4n) is 1.52. The molecule has 0 aromatic carbocycles. The lowest BCUT2D eigenvalue weighted by Gasteiger charge is -2.39. The molecule has 4 N–H and O–H groups in total. The van der Waals surface area contributed by atoms with Crippen molar-refractivity contribution >= 4 is 0 Å². The quantitative estimate of drug-likeness (QED) is 0.416. The first-order valence-corrected chi connectivity index (χ1v) is 4.42. The van der Waals surface area contributed by atoms with Crippen molar-refractivity contribution in [2.45, 2.75) is 43.9 Å². The first-order valence-electron chi connectivity index (χ1n) is 4.42. The predicted octanol–water partition coefficient (Wildman–Crippen LogP) is -1.76. The van der Waals surface area contributed by atoms with E-state index in [0.717, 1.165) is 0 Å². The average molecular weight is 192 g/mol. The van der Waals surface area contributed by atoms with Gasteiger partial charge in [0.05, 0.1) is 12.7 Å². The number of aliphatic hydroxyl groups is 4. The van der Waals surface area contributed by atoms with Crippen LogP contribution in [0, 0.1) is 0 Å². The summed E-state index contributed by atoms with van der Waals surface area (Å²) in [6, 6.07) is 0. The van der Waals surface area contributed by atoms with E-state index < -0.39 is 30.5 Å². The molecule has 1 saturated heterocycles. The van der Waals surface area contributed by atoms with Gasteiger partial charge in [0.2, 0.25) is 0 Å². The smallest absolute Gasteiger partial charge is 0.111 e. The van der Waals surface area contributed by atoms with Crippen molar-refractivity contribution in [3.63, 3.8) is 0 Å². The number of hydrogen-bond donors (Lipinski definition) is 4. The molecular weight excluding hydrogens is 176 g/mol. The van der Waals surface area contributed by atoms with Crippen LogP contribution in [0.4, 0.5) is 0 Å². The monoisotopic (exact) mass is 192 g/mol. The minimum Gasteiger partial charge on any atom is -0.394 e. The maximum Gasteiger partial charge on any atom is 0.111 e. The molecule has 1 aliphatic rings. The molecule has 5 nitrogen and oxygen atoms in total. The predicted molar refractivity (Wildman–Crippen MR) is 44.1 cm³/mol. The van der Waals surface area contributed by atoms with Crippen molar-refractivity contribution in [3.05, 3.63) is 0 Å². The van der Waals surface area contributed by atoms with Crippen LogP contribution < -0.4 is 0 Å². The van der Waals surface area contributed by atoms with Gasteiger partial charge in [-0.1, -0.05) is 6.92 Å². The van der Waals surface area contributed by atoms with Crippen molar-refractivity contribution in [1.29, 1.82) is 0 Å². The first kappa shape index (κ1) is 10.9. The lowest BCUT2D eigenvalue weighted by Crippen LogP contribution is -2.58. The summed E-state index contributed by atoms with van der Waals surface area (Å²) in [5.41, 5.74) is 0. The Morgan fingerprint density at radius 2 is 1.54 bits per heavy atom. The Hall–Kier alpha value is -0.200. The van der Waals surface area contributed by atoms with Gasteiger partial charge in [-0.25, -0.2) is 0 Å². The summed E-state index contributed by atoms with van der Waals surface area (Å²) >= 11 is 0. The summed E-state index contributed by atoms with van der Waals surface area (Å²) in [5.74, 6) is 0. The van der Waals surface area contributed by atoms with E-state index in [4.69, 9.17) is 9.84 Å². The molecule has 13 heavy (non-hydrogen) atoms. The highest BCUT2D eigenvalue weighted by Crippen LogP contribution is 2.22. The Morgan fingerprint density at radius 3 is 2.00 bits per heavy atom. The van der Waals surface area contributed by atoms with E-state index in [1.54, 1.807) is 6.92 Å². The zero-order valence-corrected chi connectivity index (χ0v) is 7.50. The van der Waals surface area contributed by atoms with Crippen LogP contribution in [0.15, 0.2) is 0 Å². The second kappa shape index (κ2) is 4.34. The maximum atomic E-state index is 9.40. The van der Waals surface area contributed by atoms with E-state index in [9.17, 15) is 15.3 Å². The summed E-state index contributed by atoms with van der Waals surface area (Å²) in [6.45, 7) is 1.44. The molecule has 1 heterocycles. The van der Waals surface area contributed by atoms with Crippen LogP contribution in [0.5, 0.6) is 0 Å². The second-order valence-corrected chi connectivity index (χ2v) is 3.28. The molecule has 1 aliphatic heterocycles. The molecule has 5 atom stereocenters. The fraction of sp³-hybridized carbons (Fsp3) is 1.00. The van der Waals surface area contributed by atoms with Gasteiger partial charge in [-0.05, 0) is 6.42 Å². The molecule has 1 fully saturated rings. The third-order valence-electron chi connectivity index (χ3n) is 2.39. The van der Waals surface area contributed by atoms with E-state index in [1.807, 2.05) is 0 Å². The zero-order valence-electron chi connectivity index (χ0n) is 7.50. The van der Waals surface area contributed by atoms with E-state index in [2.05, 4.69) is 0 Å². The summed E-state index contributed by atoms with van der Waals surface area (Å²) < 4.78 is 5.17. The largest absolute Gasteiger partial charge is 0.394 e. The van der Waals surface area contributed by atoms with Crippen LogP contribution in [0.2, 0.25) is 0 Å². The van der Waals surface area contributed by atoms with Crippen molar-refractivity contribution in [2.75, 3.05) is 6.61 Å². The van der Waals surface area contributed by atoms with Crippen LogP contribution in [0.1, 0.15) is 13.3 Å². The van der Waals surface area contributed by atoms with Gasteiger partial charge in [0.15, 0.2) is 0 Å². The van der Waals surface area contributed by atoms with Gasteiger partial charge in [0.25, 0.3) is 0 Å². The lowest BCUT2D eigenvalue weighted by atomic mass is 9.94. The van der Waals surface area contributed by atoms with E-state index in [-0.39, 0.29) is 6.61 Å². The van der Waals surface area contributed by atoms with Crippen LogP contribution in [0.25, 0.3) is 0 Å². The molecule has 78 valence electrons. The molecule has 0 aromatic heterocycles. The van der Waals surface area contributed by atoms with Crippen molar-refractivity contribution in [2.24, 2.45) is 0 Å². The van der Waals surface area contributed by atoms with Crippen LogP contribution >= 0.6 is 0 Å². The Balaban J connectivity index is 2.66. The van der Waals surface area contributed by atoms with Crippen molar-refractivity contribution < 1.29 is 25.2 Å². The lowest BCUT2D eigenvalue weighted by molar-refractivity contribution is -0.229. The third-order valence-corrected chi connectivity index (χ3v) is 2.39.